The topological polar surface area (TPSA) is 175 Å². The van der Waals surface area contributed by atoms with Crippen LogP contribution in [0.2, 0.25) is 0 Å². The number of hydrogen-bond acceptors (Lipinski definition) is 7. The molecule has 12 nitrogen and oxygen atoms in total. The second-order valence-corrected chi connectivity index (χ2v) is 13.9. The highest BCUT2D eigenvalue weighted by Gasteiger charge is 2.66. The van der Waals surface area contributed by atoms with Gasteiger partial charge in [-0.25, -0.2) is 14.6 Å². The number of H-pyrrole nitrogens is 1. The molecule has 17 heteroatoms. The van der Waals surface area contributed by atoms with Crippen LogP contribution in [-0.4, -0.2) is 68.3 Å². The Morgan fingerprint density at radius 3 is 2.18 bits per heavy atom. The summed E-state index contributed by atoms with van der Waals surface area (Å²) in [5.41, 5.74) is 0.582. The van der Waals surface area contributed by atoms with Crippen LogP contribution in [0.25, 0.3) is 11.4 Å². The molecule has 0 radical (unpaired) electrons. The molecule has 4 rings (SSSR count). The zero-order valence-corrected chi connectivity index (χ0v) is 29.0. The van der Waals surface area contributed by atoms with Gasteiger partial charge in [0.05, 0.1) is 0 Å². The normalized spacial score (nSPS) is 17.4. The van der Waals surface area contributed by atoms with Crippen LogP contribution in [0.3, 0.4) is 0 Å². The maximum atomic E-state index is 14.1. The lowest BCUT2D eigenvalue weighted by molar-refractivity contribution is -0.231. The predicted molar refractivity (Wildman–Crippen MR) is 176 cm³/mol. The monoisotopic (exact) mass is 768 g/mol. The van der Waals surface area contributed by atoms with Gasteiger partial charge in [0.1, 0.15) is 11.6 Å². The molecule has 1 aromatic heterocycles. The van der Waals surface area contributed by atoms with Crippen molar-refractivity contribution >= 4 is 45.5 Å². The van der Waals surface area contributed by atoms with Crippen molar-refractivity contribution in [1.29, 1.82) is 0 Å². The first-order chi connectivity index (χ1) is 23.4. The predicted octanol–water partition coefficient (Wildman–Crippen LogP) is 6.04. The number of aromatic nitrogens is 3. The van der Waals surface area contributed by atoms with Gasteiger partial charge in [0.2, 0.25) is 17.6 Å². The molecule has 1 heterocycles. The van der Waals surface area contributed by atoms with Gasteiger partial charge in [0.25, 0.3) is 0 Å². The molecule has 1 aliphatic carbocycles. The van der Waals surface area contributed by atoms with Gasteiger partial charge in [-0.3, -0.25) is 14.7 Å². The zero-order chi connectivity index (χ0) is 36.9. The zero-order valence-electron chi connectivity index (χ0n) is 27.4. The molecular weight excluding hydrogens is 732 g/mol. The number of carbonyl (C=O) groups excluding carboxylic acids is 3. The number of alkyl carbamates (subject to hydrolysis) is 1. The number of halogens is 5. The summed E-state index contributed by atoms with van der Waals surface area (Å²) < 4.78 is 61.5. The van der Waals surface area contributed by atoms with Crippen LogP contribution in [-0.2, 0) is 31.5 Å². The summed E-state index contributed by atoms with van der Waals surface area (Å²) in [5.74, 6) is -16.6. The fourth-order valence-electron chi connectivity index (χ4n) is 5.27. The number of nitrogens with one attached hydrogen (secondary N) is 4. The summed E-state index contributed by atoms with van der Waals surface area (Å²) in [6.45, 7) is 5.77. The van der Waals surface area contributed by atoms with Gasteiger partial charge in [-0.15, -0.1) is 0 Å². The Labute approximate surface area is 293 Å². The molecule has 0 spiro atoms. The van der Waals surface area contributed by atoms with Crippen LogP contribution in [0.5, 0.6) is 0 Å². The maximum Gasteiger partial charge on any atom is 0.411 e. The molecule has 1 fully saturated rings. The van der Waals surface area contributed by atoms with Crippen LogP contribution in [0.15, 0.2) is 53.0 Å². The van der Waals surface area contributed by atoms with Gasteiger partial charge in [0, 0.05) is 34.6 Å². The Morgan fingerprint density at radius 2 is 1.60 bits per heavy atom. The van der Waals surface area contributed by atoms with Crippen LogP contribution in [0, 0.1) is 11.8 Å². The molecule has 50 heavy (non-hydrogen) atoms. The molecule has 0 saturated heterocycles. The number of benzene rings is 2. The highest BCUT2D eigenvalue weighted by molar-refractivity contribution is 9.10. The third kappa shape index (κ3) is 9.79. The number of hydrogen-bond donors (Lipinski definition) is 5. The van der Waals surface area contributed by atoms with E-state index in [4.69, 9.17) is 9.84 Å². The van der Waals surface area contributed by atoms with Crippen LogP contribution < -0.4 is 16.0 Å². The van der Waals surface area contributed by atoms with E-state index in [1.807, 2.05) is 24.3 Å². The lowest BCUT2D eigenvalue weighted by Gasteiger charge is -2.29. The molecule has 1 aliphatic rings. The van der Waals surface area contributed by atoms with Gasteiger partial charge in [0.15, 0.2) is 5.82 Å². The number of amides is 3. The number of carbonyl (C=O) groups is 4. The maximum absolute atomic E-state index is 14.1. The van der Waals surface area contributed by atoms with Gasteiger partial charge >= 0.3 is 23.9 Å². The number of rotatable bonds is 12. The van der Waals surface area contributed by atoms with Crippen molar-refractivity contribution < 1.29 is 46.6 Å². The minimum atomic E-state index is -5.44. The summed E-state index contributed by atoms with van der Waals surface area (Å²) in [6.07, 6.45) is 2.24. The average molecular weight is 770 g/mol. The Kier molecular flexibility index (Phi) is 11.9. The van der Waals surface area contributed by atoms with E-state index in [1.165, 1.54) is 24.3 Å². The second kappa shape index (κ2) is 15.6. The number of nitrogens with zero attached hydrogens (tertiary/aromatic N) is 2. The minimum absolute atomic E-state index is 0.132. The Bertz CT molecular complexity index is 1670. The van der Waals surface area contributed by atoms with E-state index in [-0.39, 0.29) is 41.2 Å². The highest BCUT2D eigenvalue weighted by Crippen LogP contribution is 2.42. The van der Waals surface area contributed by atoms with Gasteiger partial charge in [-0.1, -0.05) is 28.1 Å². The molecule has 270 valence electrons. The van der Waals surface area contributed by atoms with Crippen molar-refractivity contribution in [2.45, 2.75) is 76.4 Å². The fourth-order valence-corrected chi connectivity index (χ4v) is 5.54. The Morgan fingerprint density at radius 1 is 0.980 bits per heavy atom. The number of alkyl halides is 4. The molecule has 1 atom stereocenters. The average Bonchev–Trinajstić information content (AvgIpc) is 3.55. The number of carboxylic acid groups (broad SMARTS) is 1. The lowest BCUT2D eigenvalue weighted by Crippen LogP contribution is -2.48. The summed E-state index contributed by atoms with van der Waals surface area (Å²) in [4.78, 5) is 52.9. The number of anilines is 1. The smallest absolute Gasteiger partial charge is 0.411 e. The van der Waals surface area contributed by atoms with E-state index in [2.05, 4.69) is 47.1 Å². The molecule has 2 aromatic carbocycles. The molecule has 5 N–H and O–H groups in total. The number of aliphatic carboxylic acids is 1. The van der Waals surface area contributed by atoms with Crippen LogP contribution in [0.1, 0.15) is 57.8 Å². The van der Waals surface area contributed by atoms with Gasteiger partial charge in [-0.2, -0.15) is 22.7 Å². The largest absolute Gasteiger partial charge is 0.477 e. The summed E-state index contributed by atoms with van der Waals surface area (Å²) >= 11 is 3.38. The first-order valence-electron chi connectivity index (χ1n) is 15.7. The first-order valence-corrected chi connectivity index (χ1v) is 16.5. The van der Waals surface area contributed by atoms with E-state index in [9.17, 15) is 36.7 Å². The van der Waals surface area contributed by atoms with E-state index >= 15 is 0 Å². The minimum Gasteiger partial charge on any atom is -0.477 e. The SMILES string of the molecule is CC(C)(C)OC(=O)NC[C@H]1CC[C@H](C(=O)N[C@@H](Cc2ccc(Br)cc2)C(=O)Nc2ccc(-c3nc(C(F)(F)C(F)(F)C(=O)O)n[nH]3)cc2)CC1. The van der Waals surface area contributed by atoms with Crippen molar-refractivity contribution in [3.05, 3.63) is 64.4 Å². The molecule has 0 aliphatic heterocycles. The van der Waals surface area contributed by atoms with Crippen LogP contribution in [0.4, 0.5) is 28.0 Å². The van der Waals surface area contributed by atoms with Crippen molar-refractivity contribution in [2.24, 2.45) is 11.8 Å². The van der Waals surface area contributed by atoms with E-state index in [1.54, 1.807) is 20.8 Å². The molecular formula is C33H37BrF4N6O6. The third-order valence-corrected chi connectivity index (χ3v) is 8.52. The lowest BCUT2D eigenvalue weighted by atomic mass is 9.81. The number of aromatic amines is 1. The van der Waals surface area contributed by atoms with Gasteiger partial charge in [-0.05, 0) is 94.3 Å². The molecule has 1 saturated carbocycles. The summed E-state index contributed by atoms with van der Waals surface area (Å²) in [6, 6.07) is 11.8. The van der Waals surface area contributed by atoms with Crippen molar-refractivity contribution in [1.82, 2.24) is 25.8 Å². The third-order valence-electron chi connectivity index (χ3n) is 7.99. The Balaban J connectivity index is 1.39. The van der Waals surface area contributed by atoms with Crippen molar-refractivity contribution in [3.8, 4) is 11.4 Å². The molecule has 0 unspecified atom stereocenters. The second-order valence-electron chi connectivity index (χ2n) is 13.0. The fraction of sp³-hybridized carbons (Fsp3) is 0.455. The van der Waals surface area contributed by atoms with E-state index < -0.39 is 47.3 Å². The standard InChI is InChI=1S/C33H37BrF4N6O6/c1-31(2,3)50-30(49)39-17-19-4-8-21(9-5-19)26(45)41-24(16-18-6-12-22(34)13-7-18)27(46)40-23-14-10-20(11-15-23)25-42-28(44-43-25)32(35,36)33(37,38)29(47)48/h6-7,10-15,19,21,24H,4-5,8-9,16-17H2,1-3H3,(H,39,49)(H,40,46)(H,41,45)(H,47,48)(H,42,43,44)/t19-,21-,24-/m0/s1. The number of carboxylic acids is 1. The van der Waals surface area contributed by atoms with Crippen molar-refractivity contribution in [2.75, 3.05) is 11.9 Å². The molecule has 3 amide bonds. The summed E-state index contributed by atoms with van der Waals surface area (Å²) in [7, 11) is 0. The van der Waals surface area contributed by atoms with Crippen molar-refractivity contribution in [3.63, 3.8) is 0 Å². The van der Waals surface area contributed by atoms with Gasteiger partial charge < -0.3 is 25.8 Å². The molecule has 3 aromatic rings. The van der Waals surface area contributed by atoms with E-state index in [0.29, 0.717) is 32.2 Å². The van der Waals surface area contributed by atoms with Crippen LogP contribution >= 0.6 is 15.9 Å². The highest BCUT2D eigenvalue weighted by atomic mass is 79.9. The quantitative estimate of drug-likeness (QED) is 0.139. The first kappa shape index (κ1) is 38.3. The molecule has 0 bridgehead atoms. The number of ether oxygens (including phenoxy) is 1. The Hall–Kier alpha value is -4.54. The van der Waals surface area contributed by atoms with E-state index in [0.717, 1.165) is 10.0 Å². The summed E-state index contributed by atoms with van der Waals surface area (Å²) in [5, 5.41) is 22.1.